The fourth-order valence-electron chi connectivity index (χ4n) is 4.70. The van der Waals surface area contributed by atoms with Gasteiger partial charge in [0, 0.05) is 37.1 Å². The normalized spacial score (nSPS) is 12.9. The van der Waals surface area contributed by atoms with Crippen LogP contribution in [0.25, 0.3) is 0 Å². The minimum Gasteiger partial charge on any atom is -0.461 e. The van der Waals surface area contributed by atoms with Crippen LogP contribution in [0.1, 0.15) is 57.6 Å². The van der Waals surface area contributed by atoms with Crippen LogP contribution < -0.4 is 15.8 Å². The zero-order chi connectivity index (χ0) is 28.0. The Labute approximate surface area is 228 Å². The highest BCUT2D eigenvalue weighted by molar-refractivity contribution is 7.89. The van der Waals surface area contributed by atoms with Crippen LogP contribution in [-0.2, 0) is 45.5 Å². The summed E-state index contributed by atoms with van der Waals surface area (Å²) in [6.45, 7) is 4.89. The first kappa shape index (κ1) is 28.2. The molecule has 0 unspecified atom stereocenters. The molecule has 208 valence electrons. The second-order valence-corrected chi connectivity index (χ2v) is 11.2. The number of primary sulfonamides is 1. The first-order valence-electron chi connectivity index (χ1n) is 12.9. The number of nitrogens with zero attached hydrogens (tertiary/aromatic N) is 3. The molecule has 12 heteroatoms. The van der Waals surface area contributed by atoms with Gasteiger partial charge in [0.25, 0.3) is 5.91 Å². The van der Waals surface area contributed by atoms with Gasteiger partial charge in [-0.1, -0.05) is 23.8 Å². The van der Waals surface area contributed by atoms with Crippen molar-refractivity contribution in [3.8, 4) is 0 Å². The average Bonchev–Trinajstić information content (AvgIpc) is 3.35. The Balaban J connectivity index is 1.20. The fraction of sp³-hybridized carbons (Fsp3) is 0.407. The van der Waals surface area contributed by atoms with Crippen LogP contribution in [0.15, 0.2) is 41.6 Å². The topological polar surface area (TPSA) is 158 Å². The van der Waals surface area contributed by atoms with E-state index in [-0.39, 0.29) is 30.4 Å². The molecule has 1 aliphatic rings. The highest BCUT2D eigenvalue weighted by Crippen LogP contribution is 2.22. The highest BCUT2D eigenvalue weighted by atomic mass is 32.2. The molecular weight excluding hydrogens is 520 g/mol. The van der Waals surface area contributed by atoms with Crippen LogP contribution in [-0.4, -0.2) is 48.1 Å². The molecule has 1 aliphatic heterocycles. The number of sulfonamides is 1. The molecule has 0 fully saturated rings. The van der Waals surface area contributed by atoms with E-state index < -0.39 is 16.0 Å². The van der Waals surface area contributed by atoms with Crippen LogP contribution in [0.4, 0.5) is 5.82 Å². The van der Waals surface area contributed by atoms with Gasteiger partial charge in [-0.2, -0.15) is 5.10 Å². The molecule has 4 N–H and O–H groups in total. The molecule has 0 atom stereocenters. The van der Waals surface area contributed by atoms with Crippen LogP contribution in [0, 0.1) is 13.8 Å². The number of nitrogens with two attached hydrogens (primary N) is 1. The summed E-state index contributed by atoms with van der Waals surface area (Å²) in [5, 5.41) is 15.6. The third kappa shape index (κ3) is 7.64. The van der Waals surface area contributed by atoms with Gasteiger partial charge in [0.05, 0.1) is 23.1 Å². The van der Waals surface area contributed by atoms with Crippen LogP contribution in [0.2, 0.25) is 0 Å². The lowest BCUT2D eigenvalue weighted by atomic mass is 10.1. The smallest absolute Gasteiger partial charge is 0.307 e. The number of nitrogens with one attached hydrogen (secondary N) is 2. The molecule has 0 saturated heterocycles. The first-order valence-corrected chi connectivity index (χ1v) is 14.5. The van der Waals surface area contributed by atoms with Gasteiger partial charge in [0.1, 0.15) is 12.4 Å². The van der Waals surface area contributed by atoms with E-state index in [4.69, 9.17) is 14.9 Å². The summed E-state index contributed by atoms with van der Waals surface area (Å²) < 4.78 is 30.9. The summed E-state index contributed by atoms with van der Waals surface area (Å²) in [4.78, 5) is 29.3. The van der Waals surface area contributed by atoms with Crippen molar-refractivity contribution >= 4 is 27.7 Å². The Bertz CT molecular complexity index is 1470. The molecule has 4 rings (SSSR count). The van der Waals surface area contributed by atoms with Gasteiger partial charge in [-0.15, -0.1) is 0 Å². The van der Waals surface area contributed by atoms with Gasteiger partial charge in [-0.05, 0) is 56.7 Å². The maximum Gasteiger partial charge on any atom is 0.307 e. The van der Waals surface area contributed by atoms with Gasteiger partial charge < -0.3 is 15.4 Å². The third-order valence-corrected chi connectivity index (χ3v) is 7.60. The second kappa shape index (κ2) is 12.4. The number of carbonyl (C=O) groups excluding carboxylic acids is 2. The van der Waals surface area contributed by atoms with E-state index in [0.717, 1.165) is 49.3 Å². The molecule has 11 nitrogen and oxygen atoms in total. The summed E-state index contributed by atoms with van der Waals surface area (Å²) >= 11 is 0. The number of fused-ring (bicyclic) bond motifs is 1. The Kier molecular flexibility index (Phi) is 8.97. The van der Waals surface area contributed by atoms with E-state index in [0.29, 0.717) is 23.2 Å². The summed E-state index contributed by atoms with van der Waals surface area (Å²) in [5.74, 6) is 0.0676. The van der Waals surface area contributed by atoms with E-state index >= 15 is 0 Å². The third-order valence-electron chi connectivity index (χ3n) is 6.45. The van der Waals surface area contributed by atoms with Crippen LogP contribution in [0.3, 0.4) is 0 Å². The zero-order valence-corrected chi connectivity index (χ0v) is 23.0. The number of carbonyl (C=O) groups is 2. The molecule has 0 spiro atoms. The van der Waals surface area contributed by atoms with Crippen molar-refractivity contribution in [2.45, 2.75) is 64.0 Å². The summed E-state index contributed by atoms with van der Waals surface area (Å²) in [6.07, 6.45) is 6.91. The maximum absolute atomic E-state index is 12.5. The molecule has 3 heterocycles. The van der Waals surface area contributed by atoms with Crippen molar-refractivity contribution in [1.29, 1.82) is 0 Å². The first-order chi connectivity index (χ1) is 18.6. The van der Waals surface area contributed by atoms with Gasteiger partial charge >= 0.3 is 5.97 Å². The Morgan fingerprint density at radius 2 is 2.05 bits per heavy atom. The number of benzene rings is 1. The lowest BCUT2D eigenvalue weighted by molar-refractivity contribution is -0.144. The number of esters is 1. The lowest BCUT2D eigenvalue weighted by Crippen LogP contribution is -2.26. The average molecular weight is 555 g/mol. The molecule has 1 aromatic carbocycles. The van der Waals surface area contributed by atoms with E-state index in [1.807, 2.05) is 6.92 Å². The number of rotatable bonds is 11. The van der Waals surface area contributed by atoms with Gasteiger partial charge in [0.15, 0.2) is 0 Å². The van der Waals surface area contributed by atoms with Crippen molar-refractivity contribution in [3.05, 3.63) is 70.2 Å². The van der Waals surface area contributed by atoms with E-state index in [9.17, 15) is 18.0 Å². The van der Waals surface area contributed by atoms with Crippen LogP contribution in [0.5, 0.6) is 0 Å². The van der Waals surface area contributed by atoms with Crippen molar-refractivity contribution in [2.75, 3.05) is 18.4 Å². The van der Waals surface area contributed by atoms with Gasteiger partial charge in [-0.25, -0.2) is 18.5 Å². The van der Waals surface area contributed by atoms with Crippen molar-refractivity contribution < 1.29 is 22.7 Å². The van der Waals surface area contributed by atoms with Crippen molar-refractivity contribution in [1.82, 2.24) is 20.1 Å². The summed E-state index contributed by atoms with van der Waals surface area (Å²) in [5.41, 5.74) is 4.32. The minimum absolute atomic E-state index is 0.0397. The Morgan fingerprint density at radius 3 is 2.85 bits per heavy atom. The monoisotopic (exact) mass is 554 g/mol. The Hall–Kier alpha value is -3.77. The number of hydrogen-bond acceptors (Lipinski definition) is 8. The van der Waals surface area contributed by atoms with Crippen molar-refractivity contribution in [3.63, 3.8) is 0 Å². The standard InChI is InChI=1S/C27H34N6O5S/c1-18-13-19(2)25(39(28,36)37)21(14-18)17-38-24(34)9-11-30-27(35)22-15-31-33(16-22)12-4-6-23-8-7-20-5-3-10-29-26(20)32-23/h7-8,13-16H,3-6,9-12,17H2,1-2H3,(H,29,32)(H,30,35)(H2,28,36,37). The quantitative estimate of drug-likeness (QED) is 0.305. The number of ether oxygens (including phenoxy) is 1. The summed E-state index contributed by atoms with van der Waals surface area (Å²) in [6, 6.07) is 7.54. The van der Waals surface area contributed by atoms with E-state index in [2.05, 4.69) is 27.9 Å². The number of hydrogen-bond donors (Lipinski definition) is 3. The molecule has 2 aromatic heterocycles. The van der Waals surface area contributed by atoms with E-state index in [1.165, 1.54) is 11.8 Å². The molecule has 0 bridgehead atoms. The molecule has 0 radical (unpaired) electrons. The number of amides is 1. The predicted molar refractivity (Wildman–Crippen MR) is 146 cm³/mol. The second-order valence-electron chi connectivity index (χ2n) is 9.72. The number of aromatic nitrogens is 3. The lowest BCUT2D eigenvalue weighted by Gasteiger charge is -2.17. The molecule has 0 saturated carbocycles. The largest absolute Gasteiger partial charge is 0.461 e. The maximum atomic E-state index is 12.5. The molecular formula is C27H34N6O5S. The number of aryl methyl sites for hydroxylation is 5. The van der Waals surface area contributed by atoms with Crippen LogP contribution >= 0.6 is 0 Å². The SMILES string of the molecule is Cc1cc(C)c(S(N)(=O)=O)c(COC(=O)CCNC(=O)c2cnn(CCCc3ccc4c(n3)NCCC4)c2)c1. The molecule has 1 amide bonds. The fourth-order valence-corrected chi connectivity index (χ4v) is 5.69. The predicted octanol–water partition coefficient (Wildman–Crippen LogP) is 2.40. The molecule has 3 aromatic rings. The molecule has 39 heavy (non-hydrogen) atoms. The Morgan fingerprint density at radius 1 is 1.23 bits per heavy atom. The van der Waals surface area contributed by atoms with Gasteiger partial charge in [0.2, 0.25) is 10.0 Å². The number of anilines is 1. The summed E-state index contributed by atoms with van der Waals surface area (Å²) in [7, 11) is -3.97. The zero-order valence-electron chi connectivity index (χ0n) is 22.2. The van der Waals surface area contributed by atoms with Crippen molar-refractivity contribution in [2.24, 2.45) is 5.14 Å². The highest BCUT2D eigenvalue weighted by Gasteiger charge is 2.19. The molecule has 0 aliphatic carbocycles. The minimum atomic E-state index is -3.97. The van der Waals surface area contributed by atoms with E-state index in [1.54, 1.807) is 29.9 Å². The van der Waals surface area contributed by atoms with Gasteiger partial charge in [-0.3, -0.25) is 14.3 Å². The number of pyridine rings is 1.